The highest BCUT2D eigenvalue weighted by atomic mass is 79.9. The van der Waals surface area contributed by atoms with Gasteiger partial charge in [-0.25, -0.2) is 0 Å². The highest BCUT2D eigenvalue weighted by Gasteiger charge is 2.15. The summed E-state index contributed by atoms with van der Waals surface area (Å²) in [5.41, 5.74) is -0.650. The Hall–Kier alpha value is 0.1000. The molecule has 0 fully saturated rings. The van der Waals surface area contributed by atoms with E-state index in [1.807, 2.05) is 6.07 Å². The molecule has 0 aliphatic carbocycles. The van der Waals surface area contributed by atoms with Crippen LogP contribution >= 0.6 is 27.3 Å². The molecule has 0 amide bonds. The second-order valence-electron chi connectivity index (χ2n) is 4.06. The molecular weight excluding hydrogens is 262 g/mol. The Labute approximate surface area is 97.5 Å². The molecule has 0 radical (unpaired) electrons. The van der Waals surface area contributed by atoms with Crippen molar-refractivity contribution in [3.8, 4) is 0 Å². The fraction of sp³-hybridized carbons (Fsp3) is 0.600. The van der Waals surface area contributed by atoms with E-state index >= 15 is 0 Å². The summed E-state index contributed by atoms with van der Waals surface area (Å²) in [7, 11) is 0. The molecule has 1 aromatic heterocycles. The fourth-order valence-corrected chi connectivity index (χ4v) is 2.51. The molecule has 0 aliphatic heterocycles. The molecule has 4 heteroatoms. The van der Waals surface area contributed by atoms with E-state index in [0.29, 0.717) is 6.54 Å². The lowest BCUT2D eigenvalue weighted by atomic mass is 10.1. The van der Waals surface area contributed by atoms with Gasteiger partial charge in [-0.05, 0) is 48.8 Å². The molecule has 0 bridgehead atoms. The van der Waals surface area contributed by atoms with Crippen LogP contribution in [0.25, 0.3) is 0 Å². The van der Waals surface area contributed by atoms with Crippen LogP contribution in [0, 0.1) is 0 Å². The Bertz CT molecular complexity index is 293. The fourth-order valence-electron chi connectivity index (χ4n) is 1.06. The molecule has 1 rings (SSSR count). The van der Waals surface area contributed by atoms with Gasteiger partial charge in [0.1, 0.15) is 0 Å². The van der Waals surface area contributed by atoms with Crippen molar-refractivity contribution >= 4 is 27.3 Å². The summed E-state index contributed by atoms with van der Waals surface area (Å²) in [6.07, 6.45) is 0. The summed E-state index contributed by atoms with van der Waals surface area (Å²) < 4.78 is 1.14. The van der Waals surface area contributed by atoms with Gasteiger partial charge in [-0.2, -0.15) is 0 Å². The highest BCUT2D eigenvalue weighted by molar-refractivity contribution is 9.11. The van der Waals surface area contributed by atoms with Crippen molar-refractivity contribution in [2.24, 2.45) is 0 Å². The zero-order chi connectivity index (χ0) is 10.8. The molecule has 1 heterocycles. The van der Waals surface area contributed by atoms with Crippen molar-refractivity contribution in [3.63, 3.8) is 0 Å². The molecule has 1 unspecified atom stereocenters. The molecule has 0 aliphatic rings. The Morgan fingerprint density at radius 2 is 2.21 bits per heavy atom. The van der Waals surface area contributed by atoms with Gasteiger partial charge in [-0.15, -0.1) is 11.3 Å². The van der Waals surface area contributed by atoms with Gasteiger partial charge in [0.15, 0.2) is 0 Å². The number of hydrogen-bond donors (Lipinski definition) is 2. The average molecular weight is 278 g/mol. The maximum atomic E-state index is 9.55. The number of rotatable bonds is 4. The third kappa shape index (κ3) is 4.09. The number of halogens is 1. The summed E-state index contributed by atoms with van der Waals surface area (Å²) in [5, 5.41) is 12.8. The summed E-state index contributed by atoms with van der Waals surface area (Å²) >= 11 is 5.15. The van der Waals surface area contributed by atoms with Gasteiger partial charge < -0.3 is 10.4 Å². The van der Waals surface area contributed by atoms with Gasteiger partial charge >= 0.3 is 0 Å². The lowest BCUT2D eigenvalue weighted by Gasteiger charge is -2.21. The van der Waals surface area contributed by atoms with Gasteiger partial charge in [0, 0.05) is 17.5 Å². The minimum absolute atomic E-state index is 0.290. The third-order valence-electron chi connectivity index (χ3n) is 1.86. The first-order valence-corrected chi connectivity index (χ1v) is 6.20. The van der Waals surface area contributed by atoms with Crippen LogP contribution in [0.15, 0.2) is 15.9 Å². The molecule has 80 valence electrons. The zero-order valence-electron chi connectivity index (χ0n) is 8.67. The Morgan fingerprint density at radius 1 is 1.57 bits per heavy atom. The number of aliphatic hydroxyl groups is 1. The molecular formula is C10H16BrNOS. The molecule has 14 heavy (non-hydrogen) atoms. The van der Waals surface area contributed by atoms with E-state index in [9.17, 15) is 5.11 Å². The average Bonchev–Trinajstić information content (AvgIpc) is 2.46. The van der Waals surface area contributed by atoms with Crippen molar-refractivity contribution in [3.05, 3.63) is 20.8 Å². The smallest absolute Gasteiger partial charge is 0.0715 e. The molecule has 0 aromatic carbocycles. The molecule has 1 aromatic rings. The van der Waals surface area contributed by atoms with Crippen molar-refractivity contribution in [2.45, 2.75) is 32.4 Å². The van der Waals surface area contributed by atoms with E-state index in [2.05, 4.69) is 34.2 Å². The van der Waals surface area contributed by atoms with Gasteiger partial charge in [0.25, 0.3) is 0 Å². The molecule has 2 nitrogen and oxygen atoms in total. The van der Waals surface area contributed by atoms with Crippen LogP contribution in [0.5, 0.6) is 0 Å². The van der Waals surface area contributed by atoms with Crippen LogP contribution < -0.4 is 5.32 Å². The van der Waals surface area contributed by atoms with Crippen LogP contribution in [0.2, 0.25) is 0 Å². The van der Waals surface area contributed by atoms with Gasteiger partial charge in [0.05, 0.1) is 9.39 Å². The number of nitrogens with one attached hydrogen (secondary N) is 1. The van der Waals surface area contributed by atoms with E-state index in [1.165, 1.54) is 4.88 Å². The molecule has 1 atom stereocenters. The first kappa shape index (κ1) is 12.2. The summed E-state index contributed by atoms with van der Waals surface area (Å²) in [6, 6.07) is 4.43. The van der Waals surface area contributed by atoms with E-state index in [1.54, 1.807) is 25.2 Å². The van der Waals surface area contributed by atoms with Crippen molar-refractivity contribution in [1.29, 1.82) is 0 Å². The third-order valence-corrected chi connectivity index (χ3v) is 3.67. The monoisotopic (exact) mass is 277 g/mol. The van der Waals surface area contributed by atoms with E-state index in [-0.39, 0.29) is 6.04 Å². The van der Waals surface area contributed by atoms with E-state index in [0.717, 1.165) is 3.79 Å². The largest absolute Gasteiger partial charge is 0.389 e. The van der Waals surface area contributed by atoms with Crippen molar-refractivity contribution < 1.29 is 5.11 Å². The predicted molar refractivity (Wildman–Crippen MR) is 64.7 cm³/mol. The standard InChI is InChI=1S/C10H16BrNOS/c1-7(12-6-10(2,3)13)8-4-5-9(11)14-8/h4-5,7,12-13H,6H2,1-3H3. The number of hydrogen-bond acceptors (Lipinski definition) is 3. The lowest BCUT2D eigenvalue weighted by molar-refractivity contribution is 0.0771. The van der Waals surface area contributed by atoms with Crippen molar-refractivity contribution in [1.82, 2.24) is 5.32 Å². The van der Waals surface area contributed by atoms with Gasteiger partial charge in [0.2, 0.25) is 0 Å². The van der Waals surface area contributed by atoms with E-state index < -0.39 is 5.60 Å². The Balaban J connectivity index is 2.47. The van der Waals surface area contributed by atoms with Crippen LogP contribution in [0.1, 0.15) is 31.7 Å². The predicted octanol–water partition coefficient (Wildman–Crippen LogP) is 2.93. The van der Waals surface area contributed by atoms with Crippen molar-refractivity contribution in [2.75, 3.05) is 6.54 Å². The van der Waals surface area contributed by atoms with Crippen LogP contribution in [0.4, 0.5) is 0 Å². The molecule has 0 saturated carbocycles. The minimum Gasteiger partial charge on any atom is -0.389 e. The van der Waals surface area contributed by atoms with E-state index in [4.69, 9.17) is 0 Å². The summed E-state index contributed by atoms with van der Waals surface area (Å²) in [4.78, 5) is 1.28. The van der Waals surface area contributed by atoms with Gasteiger partial charge in [-0.3, -0.25) is 0 Å². The number of thiophene rings is 1. The Morgan fingerprint density at radius 3 is 2.64 bits per heavy atom. The second kappa shape index (κ2) is 4.75. The lowest BCUT2D eigenvalue weighted by Crippen LogP contribution is -2.35. The summed E-state index contributed by atoms with van der Waals surface area (Å²) in [5.74, 6) is 0. The molecule has 2 N–H and O–H groups in total. The minimum atomic E-state index is -0.650. The van der Waals surface area contributed by atoms with Crippen LogP contribution in [-0.2, 0) is 0 Å². The maximum Gasteiger partial charge on any atom is 0.0715 e. The quantitative estimate of drug-likeness (QED) is 0.887. The second-order valence-corrected chi connectivity index (χ2v) is 6.55. The van der Waals surface area contributed by atoms with Crippen LogP contribution in [-0.4, -0.2) is 17.3 Å². The maximum absolute atomic E-state index is 9.55. The summed E-state index contributed by atoms with van der Waals surface area (Å²) in [6.45, 7) is 6.31. The van der Waals surface area contributed by atoms with Crippen LogP contribution in [0.3, 0.4) is 0 Å². The SMILES string of the molecule is CC(NCC(C)(C)O)c1ccc(Br)s1. The topological polar surface area (TPSA) is 32.3 Å². The Kier molecular flexibility index (Phi) is 4.13. The first-order valence-electron chi connectivity index (χ1n) is 4.59. The first-order chi connectivity index (χ1) is 6.38. The van der Waals surface area contributed by atoms with Gasteiger partial charge in [-0.1, -0.05) is 0 Å². The zero-order valence-corrected chi connectivity index (χ0v) is 11.1. The highest BCUT2D eigenvalue weighted by Crippen LogP contribution is 2.27. The molecule has 0 saturated heterocycles. The normalized spacial score (nSPS) is 14.4. The molecule has 0 spiro atoms.